The summed E-state index contributed by atoms with van der Waals surface area (Å²) in [5.74, 6) is -0.181. The summed E-state index contributed by atoms with van der Waals surface area (Å²) in [7, 11) is 1.42. The maximum atomic E-state index is 13.4. The molecule has 0 unspecified atom stereocenters. The van der Waals surface area contributed by atoms with Crippen molar-refractivity contribution in [3.63, 3.8) is 0 Å². The number of carbonyl (C=O) groups excluding carboxylic acids is 1. The van der Waals surface area contributed by atoms with E-state index in [0.29, 0.717) is 18.7 Å². The average Bonchev–Trinajstić information content (AvgIpc) is 2.64. The molecule has 1 aromatic rings. The molecule has 3 nitrogen and oxygen atoms in total. The molecule has 0 atom stereocenters. The zero-order valence-electron chi connectivity index (χ0n) is 8.50. The van der Waals surface area contributed by atoms with Crippen LogP contribution in [0.25, 0.3) is 0 Å². The van der Waals surface area contributed by atoms with Crippen LogP contribution in [-0.4, -0.2) is 19.6 Å². The number of methoxy groups -OCH3 is 1. The number of hydrogen-bond acceptors (Lipinski definition) is 2. The van der Waals surface area contributed by atoms with Gasteiger partial charge in [0.05, 0.1) is 7.11 Å². The molecular formula is C11H12FNO2. The lowest BCUT2D eigenvalue weighted by Crippen LogP contribution is -2.23. The van der Waals surface area contributed by atoms with E-state index < -0.39 is 5.82 Å². The maximum Gasteiger partial charge on any atom is 0.227 e. The molecule has 15 heavy (non-hydrogen) atoms. The van der Waals surface area contributed by atoms with Crippen molar-refractivity contribution in [1.29, 1.82) is 0 Å². The molecule has 0 spiro atoms. The van der Waals surface area contributed by atoms with Gasteiger partial charge in [-0.15, -0.1) is 0 Å². The first kappa shape index (κ1) is 9.96. The molecule has 1 aromatic carbocycles. The molecule has 80 valence electrons. The van der Waals surface area contributed by atoms with Gasteiger partial charge in [0.25, 0.3) is 0 Å². The standard InChI is InChI=1S/C11H12FNO2/c1-15-10-5-4-8(7-9(10)12)13-6-2-3-11(13)14/h4-5,7H,2-3,6H2,1H3. The Kier molecular flexibility index (Phi) is 2.58. The molecule has 1 fully saturated rings. The number of rotatable bonds is 2. The number of benzene rings is 1. The second-order valence-corrected chi connectivity index (χ2v) is 3.47. The van der Waals surface area contributed by atoms with E-state index in [1.165, 1.54) is 19.2 Å². The lowest BCUT2D eigenvalue weighted by Gasteiger charge is -2.16. The van der Waals surface area contributed by atoms with E-state index in [9.17, 15) is 9.18 Å². The Morgan fingerprint density at radius 2 is 2.27 bits per heavy atom. The molecule has 0 bridgehead atoms. The van der Waals surface area contributed by atoms with E-state index >= 15 is 0 Å². The van der Waals surface area contributed by atoms with Gasteiger partial charge in [0, 0.05) is 24.7 Å². The van der Waals surface area contributed by atoms with Gasteiger partial charge >= 0.3 is 0 Å². The van der Waals surface area contributed by atoms with Gasteiger partial charge in [-0.2, -0.15) is 0 Å². The Morgan fingerprint density at radius 1 is 1.47 bits per heavy atom. The van der Waals surface area contributed by atoms with Crippen LogP contribution in [0.5, 0.6) is 5.75 Å². The number of hydrogen-bond donors (Lipinski definition) is 0. The van der Waals surface area contributed by atoms with E-state index in [-0.39, 0.29) is 11.7 Å². The highest BCUT2D eigenvalue weighted by molar-refractivity contribution is 5.95. The molecule has 4 heteroatoms. The van der Waals surface area contributed by atoms with Gasteiger partial charge in [0.1, 0.15) is 0 Å². The number of halogens is 1. The third-order valence-corrected chi connectivity index (χ3v) is 2.52. The highest BCUT2D eigenvalue weighted by Gasteiger charge is 2.22. The summed E-state index contributed by atoms with van der Waals surface area (Å²) in [5.41, 5.74) is 0.607. The van der Waals surface area contributed by atoms with Gasteiger partial charge in [-0.1, -0.05) is 0 Å². The van der Waals surface area contributed by atoms with Crippen LogP contribution in [0.1, 0.15) is 12.8 Å². The van der Waals surface area contributed by atoms with Crippen LogP contribution >= 0.6 is 0 Å². The van der Waals surface area contributed by atoms with Crippen LogP contribution in [0.15, 0.2) is 18.2 Å². The molecule has 0 saturated carbocycles. The molecule has 0 aromatic heterocycles. The Labute approximate surface area is 87.5 Å². The molecule has 0 aliphatic carbocycles. The highest BCUT2D eigenvalue weighted by atomic mass is 19.1. The molecular weight excluding hydrogens is 197 g/mol. The van der Waals surface area contributed by atoms with Gasteiger partial charge in [0.15, 0.2) is 11.6 Å². The van der Waals surface area contributed by atoms with Crippen LogP contribution < -0.4 is 9.64 Å². The van der Waals surface area contributed by atoms with Crippen LogP contribution in [-0.2, 0) is 4.79 Å². The molecule has 1 aliphatic rings. The SMILES string of the molecule is COc1ccc(N2CCCC2=O)cc1F. The average molecular weight is 209 g/mol. The summed E-state index contributed by atoms with van der Waals surface area (Å²) in [6, 6.07) is 4.57. The first-order valence-electron chi connectivity index (χ1n) is 4.86. The Hall–Kier alpha value is -1.58. The highest BCUT2D eigenvalue weighted by Crippen LogP contribution is 2.26. The second-order valence-electron chi connectivity index (χ2n) is 3.47. The van der Waals surface area contributed by atoms with Crippen molar-refractivity contribution in [2.24, 2.45) is 0 Å². The summed E-state index contributed by atoms with van der Waals surface area (Å²) in [5, 5.41) is 0. The van der Waals surface area contributed by atoms with Gasteiger partial charge in [-0.05, 0) is 18.6 Å². The molecule has 1 aliphatic heterocycles. The summed E-state index contributed by atoms with van der Waals surface area (Å²) in [6.07, 6.45) is 1.39. The number of anilines is 1. The fraction of sp³-hybridized carbons (Fsp3) is 0.364. The first-order valence-corrected chi connectivity index (χ1v) is 4.86. The zero-order chi connectivity index (χ0) is 10.8. The van der Waals surface area contributed by atoms with Crippen LogP contribution in [0.2, 0.25) is 0 Å². The van der Waals surface area contributed by atoms with E-state index in [2.05, 4.69) is 0 Å². The van der Waals surface area contributed by atoms with Crippen molar-refractivity contribution in [2.45, 2.75) is 12.8 Å². The lowest BCUT2D eigenvalue weighted by molar-refractivity contribution is -0.117. The topological polar surface area (TPSA) is 29.5 Å². The van der Waals surface area contributed by atoms with Crippen LogP contribution in [0.4, 0.5) is 10.1 Å². The predicted octanol–water partition coefficient (Wildman–Crippen LogP) is 1.96. The van der Waals surface area contributed by atoms with Crippen LogP contribution in [0.3, 0.4) is 0 Å². The van der Waals surface area contributed by atoms with Crippen molar-refractivity contribution in [3.8, 4) is 5.75 Å². The largest absolute Gasteiger partial charge is 0.494 e. The third-order valence-electron chi connectivity index (χ3n) is 2.52. The monoisotopic (exact) mass is 209 g/mol. The molecule has 0 N–H and O–H groups in total. The van der Waals surface area contributed by atoms with E-state index in [4.69, 9.17) is 4.74 Å². The lowest BCUT2D eigenvalue weighted by atomic mass is 10.2. The van der Waals surface area contributed by atoms with Gasteiger partial charge in [-0.25, -0.2) is 4.39 Å². The number of nitrogens with zero attached hydrogens (tertiary/aromatic N) is 1. The summed E-state index contributed by atoms with van der Waals surface area (Å²) in [4.78, 5) is 13.0. The smallest absolute Gasteiger partial charge is 0.227 e. The molecule has 1 amide bonds. The second kappa shape index (κ2) is 3.88. The summed E-state index contributed by atoms with van der Waals surface area (Å²) < 4.78 is 18.2. The Morgan fingerprint density at radius 3 is 2.80 bits per heavy atom. The number of carbonyl (C=O) groups is 1. The molecule has 1 heterocycles. The van der Waals surface area contributed by atoms with Crippen molar-refractivity contribution in [1.82, 2.24) is 0 Å². The van der Waals surface area contributed by atoms with Crippen molar-refractivity contribution < 1.29 is 13.9 Å². The summed E-state index contributed by atoms with van der Waals surface area (Å²) in [6.45, 7) is 0.671. The van der Waals surface area contributed by atoms with Gasteiger partial charge in [-0.3, -0.25) is 4.79 Å². The minimum atomic E-state index is -0.435. The fourth-order valence-corrected chi connectivity index (χ4v) is 1.74. The summed E-state index contributed by atoms with van der Waals surface area (Å²) >= 11 is 0. The van der Waals surface area contributed by atoms with Gasteiger partial charge < -0.3 is 9.64 Å². The first-order chi connectivity index (χ1) is 7.22. The molecule has 0 radical (unpaired) electrons. The normalized spacial score (nSPS) is 15.9. The zero-order valence-corrected chi connectivity index (χ0v) is 8.50. The van der Waals surface area contributed by atoms with Gasteiger partial charge in [0.2, 0.25) is 5.91 Å². The number of amides is 1. The minimum Gasteiger partial charge on any atom is -0.494 e. The van der Waals surface area contributed by atoms with Crippen molar-refractivity contribution in [2.75, 3.05) is 18.6 Å². The molecule has 1 saturated heterocycles. The Balaban J connectivity index is 2.29. The third kappa shape index (κ3) is 1.79. The number of ether oxygens (including phenoxy) is 1. The van der Waals surface area contributed by atoms with Crippen molar-refractivity contribution >= 4 is 11.6 Å². The quantitative estimate of drug-likeness (QED) is 0.745. The maximum absolute atomic E-state index is 13.4. The van der Waals surface area contributed by atoms with E-state index in [0.717, 1.165) is 6.42 Å². The Bertz CT molecular complexity index is 392. The van der Waals surface area contributed by atoms with E-state index in [1.54, 1.807) is 11.0 Å². The minimum absolute atomic E-state index is 0.0552. The molecule has 2 rings (SSSR count). The van der Waals surface area contributed by atoms with E-state index in [1.807, 2.05) is 0 Å². The van der Waals surface area contributed by atoms with Crippen molar-refractivity contribution in [3.05, 3.63) is 24.0 Å². The van der Waals surface area contributed by atoms with Crippen LogP contribution in [0, 0.1) is 5.82 Å². The predicted molar refractivity (Wildman–Crippen MR) is 54.5 cm³/mol. The fourth-order valence-electron chi connectivity index (χ4n) is 1.74.